The van der Waals surface area contributed by atoms with Crippen molar-refractivity contribution < 1.29 is 23.5 Å². The summed E-state index contributed by atoms with van der Waals surface area (Å²) in [5.74, 6) is 0.628. The number of anilines is 1. The number of furan rings is 1. The fourth-order valence-electron chi connectivity index (χ4n) is 4.33. The van der Waals surface area contributed by atoms with E-state index in [0.29, 0.717) is 41.2 Å². The van der Waals surface area contributed by atoms with Crippen LogP contribution < -0.4 is 15.0 Å². The molecule has 1 aromatic carbocycles. The molecule has 164 valence electrons. The van der Waals surface area contributed by atoms with Crippen molar-refractivity contribution in [1.29, 1.82) is 0 Å². The Hall–Kier alpha value is -3.09. The van der Waals surface area contributed by atoms with E-state index in [1.54, 1.807) is 25.1 Å². The van der Waals surface area contributed by atoms with Gasteiger partial charge in [0.2, 0.25) is 0 Å². The van der Waals surface area contributed by atoms with Crippen molar-refractivity contribution >= 4 is 23.3 Å². The molecule has 1 aromatic heterocycles. The number of hydrogen-bond acceptors (Lipinski definition) is 5. The zero-order valence-corrected chi connectivity index (χ0v) is 18.2. The number of para-hydroxylation sites is 2. The lowest BCUT2D eigenvalue weighted by molar-refractivity contribution is -0.128. The Morgan fingerprint density at radius 2 is 1.94 bits per heavy atom. The zero-order valence-electron chi connectivity index (χ0n) is 18.2. The van der Waals surface area contributed by atoms with Crippen LogP contribution >= 0.6 is 0 Å². The molecule has 1 unspecified atom stereocenters. The number of amides is 2. The van der Waals surface area contributed by atoms with Crippen molar-refractivity contribution in [2.24, 2.45) is 0 Å². The molecule has 2 amide bonds. The van der Waals surface area contributed by atoms with Gasteiger partial charge in [-0.25, -0.2) is 0 Å². The van der Waals surface area contributed by atoms with Gasteiger partial charge in [-0.2, -0.15) is 0 Å². The summed E-state index contributed by atoms with van der Waals surface area (Å²) in [4.78, 5) is 40.3. The normalized spacial score (nSPS) is 17.7. The molecule has 2 heterocycles. The van der Waals surface area contributed by atoms with Gasteiger partial charge in [0.1, 0.15) is 11.5 Å². The first kappa shape index (κ1) is 21.2. The SMILES string of the molecule is CCC(CC)NC(=O)C1CN(C(=O)c2oc3c(c2C)C(=O)CCC3)c2ccccc2O1. The second kappa shape index (κ2) is 8.57. The van der Waals surface area contributed by atoms with E-state index < -0.39 is 6.10 Å². The van der Waals surface area contributed by atoms with Crippen LogP contribution in [-0.4, -0.2) is 36.3 Å². The standard InChI is InChI=1S/C24H28N2O5/c1-4-15(5-2)25-23(28)20-13-26(16-9-6-7-11-18(16)30-20)24(29)22-14(3)21-17(27)10-8-12-19(21)31-22/h6-7,9,11,15,20H,4-5,8,10,12-13H2,1-3H3,(H,25,28). The number of rotatable bonds is 5. The summed E-state index contributed by atoms with van der Waals surface area (Å²) in [5, 5.41) is 3.00. The number of Topliss-reactive ketones (excluding diaryl/α,β-unsaturated/α-hetero) is 1. The number of nitrogens with zero attached hydrogens (tertiary/aromatic N) is 1. The van der Waals surface area contributed by atoms with E-state index in [1.807, 2.05) is 19.9 Å². The van der Waals surface area contributed by atoms with E-state index in [2.05, 4.69) is 5.32 Å². The lowest BCUT2D eigenvalue weighted by Crippen LogP contribution is -2.52. The lowest BCUT2D eigenvalue weighted by Gasteiger charge is -2.34. The van der Waals surface area contributed by atoms with Crippen LogP contribution in [0.25, 0.3) is 0 Å². The Balaban J connectivity index is 1.66. The van der Waals surface area contributed by atoms with Gasteiger partial charge in [0.25, 0.3) is 11.8 Å². The number of hydrogen-bond donors (Lipinski definition) is 1. The number of nitrogens with one attached hydrogen (secondary N) is 1. The topological polar surface area (TPSA) is 88.9 Å². The number of benzene rings is 1. The minimum Gasteiger partial charge on any atom is -0.477 e. The second-order valence-electron chi connectivity index (χ2n) is 8.14. The molecular weight excluding hydrogens is 396 g/mol. The second-order valence-corrected chi connectivity index (χ2v) is 8.14. The molecule has 4 rings (SSSR count). The smallest absolute Gasteiger partial charge is 0.294 e. The maximum absolute atomic E-state index is 13.5. The average molecular weight is 424 g/mol. The van der Waals surface area contributed by atoms with Gasteiger partial charge in [-0.15, -0.1) is 0 Å². The van der Waals surface area contributed by atoms with Crippen molar-refractivity contribution in [2.45, 2.75) is 65.0 Å². The van der Waals surface area contributed by atoms with Gasteiger partial charge in [-0.1, -0.05) is 26.0 Å². The van der Waals surface area contributed by atoms with Crippen molar-refractivity contribution in [3.05, 3.63) is 46.9 Å². The first-order valence-electron chi connectivity index (χ1n) is 11.0. The number of carbonyl (C=O) groups is 3. The first-order valence-corrected chi connectivity index (χ1v) is 11.0. The third-order valence-electron chi connectivity index (χ3n) is 6.14. The number of fused-ring (bicyclic) bond motifs is 2. The van der Waals surface area contributed by atoms with Gasteiger partial charge >= 0.3 is 0 Å². The molecule has 0 bridgehead atoms. The summed E-state index contributed by atoms with van der Waals surface area (Å²) in [6.45, 7) is 5.86. The highest BCUT2D eigenvalue weighted by Crippen LogP contribution is 2.36. The van der Waals surface area contributed by atoms with Crippen LogP contribution in [0.1, 0.15) is 71.8 Å². The van der Waals surface area contributed by atoms with Gasteiger partial charge in [0.15, 0.2) is 17.6 Å². The first-order chi connectivity index (χ1) is 14.9. The van der Waals surface area contributed by atoms with Crippen LogP contribution in [0.3, 0.4) is 0 Å². The summed E-state index contributed by atoms with van der Waals surface area (Å²) in [6.07, 6.45) is 2.66. The molecule has 1 N–H and O–H groups in total. The summed E-state index contributed by atoms with van der Waals surface area (Å²) in [6, 6.07) is 7.21. The molecule has 0 saturated carbocycles. The van der Waals surface area contributed by atoms with Gasteiger partial charge in [0.05, 0.1) is 17.8 Å². The van der Waals surface area contributed by atoms with Crippen LogP contribution in [0, 0.1) is 6.92 Å². The van der Waals surface area contributed by atoms with E-state index in [1.165, 1.54) is 4.90 Å². The minimum atomic E-state index is -0.828. The Kier molecular flexibility index (Phi) is 5.85. The van der Waals surface area contributed by atoms with Gasteiger partial charge < -0.3 is 14.5 Å². The summed E-state index contributed by atoms with van der Waals surface area (Å²) < 4.78 is 11.8. The highest BCUT2D eigenvalue weighted by molar-refractivity contribution is 6.10. The number of carbonyl (C=O) groups excluding carboxylic acids is 3. The van der Waals surface area contributed by atoms with Crippen molar-refractivity contribution in [1.82, 2.24) is 5.32 Å². The van der Waals surface area contributed by atoms with Crippen molar-refractivity contribution in [3.63, 3.8) is 0 Å². The predicted octanol–water partition coefficient (Wildman–Crippen LogP) is 3.82. The van der Waals surface area contributed by atoms with Crippen LogP contribution in [0.15, 0.2) is 28.7 Å². The quantitative estimate of drug-likeness (QED) is 0.788. The fraction of sp³-hybridized carbons (Fsp3) is 0.458. The monoisotopic (exact) mass is 424 g/mol. The predicted molar refractivity (Wildman–Crippen MR) is 116 cm³/mol. The molecule has 1 atom stereocenters. The minimum absolute atomic E-state index is 0.0198. The number of ketones is 1. The Labute approximate surface area is 181 Å². The van der Waals surface area contributed by atoms with Gasteiger partial charge in [0, 0.05) is 24.4 Å². The molecule has 2 aliphatic rings. The molecular formula is C24H28N2O5. The Bertz CT molecular complexity index is 1020. The van der Waals surface area contributed by atoms with Crippen molar-refractivity contribution in [2.75, 3.05) is 11.4 Å². The molecule has 1 aliphatic heterocycles. The zero-order chi connectivity index (χ0) is 22.1. The maximum atomic E-state index is 13.5. The largest absolute Gasteiger partial charge is 0.477 e. The van der Waals surface area contributed by atoms with Crippen molar-refractivity contribution in [3.8, 4) is 5.75 Å². The van der Waals surface area contributed by atoms with E-state index in [-0.39, 0.29) is 35.9 Å². The Morgan fingerprint density at radius 1 is 1.19 bits per heavy atom. The highest BCUT2D eigenvalue weighted by Gasteiger charge is 2.38. The van der Waals surface area contributed by atoms with Gasteiger partial charge in [-0.05, 0) is 38.3 Å². The van der Waals surface area contributed by atoms with E-state index in [0.717, 1.165) is 19.3 Å². The molecule has 7 heteroatoms. The van der Waals surface area contributed by atoms with Crippen LogP contribution in [-0.2, 0) is 11.2 Å². The van der Waals surface area contributed by atoms with Crippen LogP contribution in [0.2, 0.25) is 0 Å². The van der Waals surface area contributed by atoms with E-state index in [4.69, 9.17) is 9.15 Å². The van der Waals surface area contributed by atoms with E-state index in [9.17, 15) is 14.4 Å². The van der Waals surface area contributed by atoms with Crippen LogP contribution in [0.4, 0.5) is 5.69 Å². The molecule has 0 saturated heterocycles. The molecule has 1 aliphatic carbocycles. The molecule has 0 spiro atoms. The summed E-state index contributed by atoms with van der Waals surface area (Å²) in [7, 11) is 0. The lowest BCUT2D eigenvalue weighted by atomic mass is 9.94. The fourth-order valence-corrected chi connectivity index (χ4v) is 4.33. The molecule has 7 nitrogen and oxygen atoms in total. The number of aryl methyl sites for hydroxylation is 1. The highest BCUT2D eigenvalue weighted by atomic mass is 16.5. The molecule has 0 radical (unpaired) electrons. The molecule has 2 aromatic rings. The van der Waals surface area contributed by atoms with Crippen LogP contribution in [0.5, 0.6) is 5.75 Å². The number of ether oxygens (including phenoxy) is 1. The summed E-state index contributed by atoms with van der Waals surface area (Å²) >= 11 is 0. The molecule has 0 fully saturated rings. The maximum Gasteiger partial charge on any atom is 0.294 e. The van der Waals surface area contributed by atoms with E-state index >= 15 is 0 Å². The third kappa shape index (κ3) is 3.84. The third-order valence-corrected chi connectivity index (χ3v) is 6.14. The summed E-state index contributed by atoms with van der Waals surface area (Å²) in [5.41, 5.74) is 1.70. The molecule has 31 heavy (non-hydrogen) atoms. The average Bonchev–Trinajstić information content (AvgIpc) is 3.13. The Morgan fingerprint density at radius 3 is 2.65 bits per heavy atom. The van der Waals surface area contributed by atoms with Gasteiger partial charge in [-0.3, -0.25) is 19.3 Å².